The summed E-state index contributed by atoms with van der Waals surface area (Å²) in [7, 11) is 1.42. The molecule has 2 N–H and O–H groups in total. The number of fused-ring (bicyclic) bond motifs is 1. The Morgan fingerprint density at radius 3 is 2.52 bits per heavy atom. The molecular weight excluding hydrogens is 405 g/mol. The first-order valence-electron chi connectivity index (χ1n) is 5.98. The number of methoxy groups -OCH3 is 1. The molecule has 0 saturated heterocycles. The Balaban J connectivity index is 2.40. The fraction of sp³-hybridized carbons (Fsp3) is 0.0714. The summed E-state index contributed by atoms with van der Waals surface area (Å²) in [5.41, 5.74) is 7.94. The molecule has 108 valence electrons. The van der Waals surface area contributed by atoms with Gasteiger partial charge in [0.25, 0.3) is 0 Å². The minimum absolute atomic E-state index is 0.145. The third kappa shape index (κ3) is 2.30. The van der Waals surface area contributed by atoms with Crippen LogP contribution in [0.5, 0.6) is 5.75 Å². The van der Waals surface area contributed by atoms with E-state index in [0.717, 1.165) is 14.6 Å². The monoisotopic (exact) mass is 413 g/mol. The van der Waals surface area contributed by atoms with Crippen LogP contribution >= 0.6 is 31.9 Å². The number of nitrogen functional groups attached to an aromatic ring is 1. The van der Waals surface area contributed by atoms with Gasteiger partial charge in [-0.05, 0) is 44.0 Å². The molecule has 21 heavy (non-hydrogen) atoms. The quantitative estimate of drug-likeness (QED) is 0.680. The first kappa shape index (κ1) is 14.3. The van der Waals surface area contributed by atoms with E-state index in [0.29, 0.717) is 11.0 Å². The van der Waals surface area contributed by atoms with Crippen LogP contribution in [-0.2, 0) is 0 Å². The average Bonchev–Trinajstić information content (AvgIpc) is 2.73. The largest absolute Gasteiger partial charge is 0.494 e. The third-order valence-electron chi connectivity index (χ3n) is 3.12. The van der Waals surface area contributed by atoms with Gasteiger partial charge in [-0.1, -0.05) is 6.07 Å². The standard InChI is InChI=1S/C14H10Br2FN3O/c1-21-12-6-11-10(5-9(12)17)19-14(18)20(11)13-7(15)3-2-4-8(13)16/h2-6H,1H3,(H2,18,19). The molecule has 0 saturated carbocycles. The maximum atomic E-state index is 13.8. The van der Waals surface area contributed by atoms with Crippen LogP contribution in [0.15, 0.2) is 39.3 Å². The summed E-state index contributed by atoms with van der Waals surface area (Å²) >= 11 is 7.00. The molecule has 3 rings (SSSR count). The van der Waals surface area contributed by atoms with Crippen molar-refractivity contribution < 1.29 is 9.13 Å². The summed E-state index contributed by atoms with van der Waals surface area (Å²) in [4.78, 5) is 4.21. The van der Waals surface area contributed by atoms with E-state index in [1.54, 1.807) is 10.6 Å². The Morgan fingerprint density at radius 2 is 1.90 bits per heavy atom. The molecular formula is C14H10Br2FN3O. The molecule has 0 bridgehead atoms. The normalized spacial score (nSPS) is 11.0. The van der Waals surface area contributed by atoms with E-state index >= 15 is 0 Å². The fourth-order valence-electron chi connectivity index (χ4n) is 2.19. The summed E-state index contributed by atoms with van der Waals surface area (Å²) in [5, 5.41) is 0. The SMILES string of the molecule is COc1cc2c(cc1F)nc(N)n2-c1c(Br)cccc1Br. The number of ether oxygens (including phenoxy) is 1. The molecule has 0 unspecified atom stereocenters. The van der Waals surface area contributed by atoms with E-state index in [1.807, 2.05) is 18.2 Å². The van der Waals surface area contributed by atoms with Crippen LogP contribution in [0, 0.1) is 5.82 Å². The number of nitrogens with zero attached hydrogens (tertiary/aromatic N) is 2. The van der Waals surface area contributed by atoms with Crippen LogP contribution in [0.1, 0.15) is 0 Å². The topological polar surface area (TPSA) is 53.1 Å². The average molecular weight is 415 g/mol. The van der Waals surface area contributed by atoms with Gasteiger partial charge in [0.2, 0.25) is 5.95 Å². The van der Waals surface area contributed by atoms with Crippen molar-refractivity contribution >= 4 is 48.8 Å². The highest BCUT2D eigenvalue weighted by molar-refractivity contribution is 9.11. The van der Waals surface area contributed by atoms with Crippen molar-refractivity contribution in [3.05, 3.63) is 45.1 Å². The lowest BCUT2D eigenvalue weighted by Gasteiger charge is -2.11. The van der Waals surface area contributed by atoms with Gasteiger partial charge < -0.3 is 10.5 Å². The molecule has 0 aliphatic rings. The molecule has 3 aromatic rings. The second kappa shape index (κ2) is 5.31. The van der Waals surface area contributed by atoms with Crippen molar-refractivity contribution in [2.45, 2.75) is 0 Å². The molecule has 0 aliphatic heterocycles. The van der Waals surface area contributed by atoms with Gasteiger partial charge >= 0.3 is 0 Å². The van der Waals surface area contributed by atoms with Crippen molar-refractivity contribution in [1.82, 2.24) is 9.55 Å². The minimum atomic E-state index is -0.471. The number of para-hydroxylation sites is 1. The van der Waals surface area contributed by atoms with Gasteiger partial charge in [-0.3, -0.25) is 4.57 Å². The summed E-state index contributed by atoms with van der Waals surface area (Å²) in [6.07, 6.45) is 0. The second-order valence-corrected chi connectivity index (χ2v) is 6.06. The Kier molecular flexibility index (Phi) is 3.62. The predicted octanol–water partition coefficient (Wildman–Crippen LogP) is 4.28. The minimum Gasteiger partial charge on any atom is -0.494 e. The van der Waals surface area contributed by atoms with E-state index in [9.17, 15) is 4.39 Å². The maximum absolute atomic E-state index is 13.8. The van der Waals surface area contributed by atoms with Gasteiger partial charge in [0.1, 0.15) is 0 Å². The Morgan fingerprint density at radius 1 is 1.24 bits per heavy atom. The molecule has 2 aromatic carbocycles. The van der Waals surface area contributed by atoms with Gasteiger partial charge in [-0.2, -0.15) is 0 Å². The maximum Gasteiger partial charge on any atom is 0.206 e. The summed E-state index contributed by atoms with van der Waals surface area (Å²) in [5.74, 6) is -0.0575. The van der Waals surface area contributed by atoms with E-state index in [-0.39, 0.29) is 11.7 Å². The van der Waals surface area contributed by atoms with Crippen molar-refractivity contribution in [2.24, 2.45) is 0 Å². The lowest BCUT2D eigenvalue weighted by molar-refractivity contribution is 0.387. The molecule has 0 fully saturated rings. The number of rotatable bonds is 2. The first-order valence-corrected chi connectivity index (χ1v) is 7.57. The van der Waals surface area contributed by atoms with Crippen molar-refractivity contribution in [3.8, 4) is 11.4 Å². The molecule has 0 spiro atoms. The second-order valence-electron chi connectivity index (χ2n) is 4.35. The van der Waals surface area contributed by atoms with Gasteiger partial charge in [-0.25, -0.2) is 9.37 Å². The number of hydrogen-bond acceptors (Lipinski definition) is 3. The zero-order chi connectivity index (χ0) is 15.1. The van der Waals surface area contributed by atoms with Crippen LogP contribution in [0.2, 0.25) is 0 Å². The van der Waals surface area contributed by atoms with Gasteiger partial charge in [-0.15, -0.1) is 0 Å². The predicted molar refractivity (Wildman–Crippen MR) is 87.4 cm³/mol. The Labute approximate surface area is 137 Å². The van der Waals surface area contributed by atoms with E-state index < -0.39 is 5.82 Å². The van der Waals surface area contributed by atoms with Crippen LogP contribution in [0.25, 0.3) is 16.7 Å². The number of hydrogen-bond donors (Lipinski definition) is 1. The first-order chi connectivity index (χ1) is 10.0. The lowest BCUT2D eigenvalue weighted by atomic mass is 10.2. The van der Waals surface area contributed by atoms with Gasteiger partial charge in [0, 0.05) is 21.1 Å². The molecule has 7 heteroatoms. The van der Waals surface area contributed by atoms with E-state index in [2.05, 4.69) is 36.8 Å². The molecule has 1 aromatic heterocycles. The van der Waals surface area contributed by atoms with E-state index in [1.165, 1.54) is 13.2 Å². The van der Waals surface area contributed by atoms with Crippen LogP contribution < -0.4 is 10.5 Å². The van der Waals surface area contributed by atoms with Gasteiger partial charge in [0.05, 0.1) is 23.8 Å². The fourth-order valence-corrected chi connectivity index (χ4v) is 3.54. The molecule has 0 radical (unpaired) electrons. The molecule has 0 amide bonds. The molecule has 1 heterocycles. The molecule has 4 nitrogen and oxygen atoms in total. The van der Waals surface area contributed by atoms with Crippen molar-refractivity contribution in [1.29, 1.82) is 0 Å². The number of anilines is 1. The Bertz CT molecular complexity index is 828. The molecule has 0 aliphatic carbocycles. The molecule has 0 atom stereocenters. The highest BCUT2D eigenvalue weighted by Crippen LogP contribution is 2.35. The highest BCUT2D eigenvalue weighted by atomic mass is 79.9. The number of benzene rings is 2. The van der Waals surface area contributed by atoms with Crippen LogP contribution in [0.3, 0.4) is 0 Å². The number of halogens is 3. The summed E-state index contributed by atoms with van der Waals surface area (Å²) < 4.78 is 22.2. The lowest BCUT2D eigenvalue weighted by Crippen LogP contribution is -2.02. The van der Waals surface area contributed by atoms with E-state index in [4.69, 9.17) is 10.5 Å². The smallest absolute Gasteiger partial charge is 0.206 e. The number of imidazole rings is 1. The summed E-state index contributed by atoms with van der Waals surface area (Å²) in [6.45, 7) is 0. The number of nitrogens with two attached hydrogens (primary N) is 1. The van der Waals surface area contributed by atoms with Gasteiger partial charge in [0.15, 0.2) is 11.6 Å². The highest BCUT2D eigenvalue weighted by Gasteiger charge is 2.17. The van der Waals surface area contributed by atoms with Crippen LogP contribution in [0.4, 0.5) is 10.3 Å². The number of aromatic nitrogens is 2. The van der Waals surface area contributed by atoms with Crippen LogP contribution in [-0.4, -0.2) is 16.7 Å². The van der Waals surface area contributed by atoms with Crippen molar-refractivity contribution in [3.63, 3.8) is 0 Å². The summed E-state index contributed by atoms with van der Waals surface area (Å²) in [6, 6.07) is 8.58. The Hall–Kier alpha value is -1.60. The zero-order valence-corrected chi connectivity index (χ0v) is 14.1. The third-order valence-corrected chi connectivity index (χ3v) is 4.39. The zero-order valence-electron chi connectivity index (χ0n) is 10.9. The van der Waals surface area contributed by atoms with Crippen molar-refractivity contribution in [2.75, 3.05) is 12.8 Å².